The number of aromatic nitrogens is 2. The molecule has 45 heavy (non-hydrogen) atoms. The summed E-state index contributed by atoms with van der Waals surface area (Å²) in [6, 6.07) is 18.8. The summed E-state index contributed by atoms with van der Waals surface area (Å²) in [5, 5.41) is 1.67. The topological polar surface area (TPSA) is 27.1 Å². The zero-order chi connectivity index (χ0) is 37.4. The van der Waals surface area contributed by atoms with Crippen molar-refractivity contribution < 1.29 is 15.7 Å². The molecule has 0 N–H and O–H groups in total. The van der Waals surface area contributed by atoms with Gasteiger partial charge >= 0.3 is 0 Å². The van der Waals surface area contributed by atoms with E-state index in [-0.39, 0.29) is 29.6 Å². The Balaban J connectivity index is 1.51. The minimum atomic E-state index is -0.987. The second-order valence-electron chi connectivity index (χ2n) is 12.7. The van der Waals surface area contributed by atoms with E-state index in [1.165, 1.54) is 0 Å². The predicted octanol–water partition coefficient (Wildman–Crippen LogP) is 11.0. The lowest BCUT2D eigenvalue weighted by Gasteiger charge is -2.43. The molecule has 5 aromatic carbocycles. The predicted molar refractivity (Wildman–Crippen MR) is 186 cm³/mol. The van der Waals surface area contributed by atoms with Crippen molar-refractivity contribution in [3.8, 4) is 17.3 Å². The molecule has 0 spiro atoms. The highest BCUT2D eigenvalue weighted by Gasteiger charge is 2.44. The SMILES string of the molecule is [2H]c1c([2H])c([2H])c2c(c1[2H])C1c3c([2H])c([2H])c([2H])c([2H])c3C2c2c1c(Oc1cccc(Br)c1)cc1c2c2ccccc2n1-c1cc(C(C)(C)C)ccn1. The van der Waals surface area contributed by atoms with Crippen LogP contribution < -0.4 is 4.74 Å². The summed E-state index contributed by atoms with van der Waals surface area (Å²) in [6.45, 7) is 6.44. The number of ether oxygens (including phenoxy) is 1. The first kappa shape index (κ1) is 19.7. The van der Waals surface area contributed by atoms with Crippen molar-refractivity contribution in [1.82, 2.24) is 9.55 Å². The van der Waals surface area contributed by atoms with Gasteiger partial charge in [0.2, 0.25) is 0 Å². The largest absolute Gasteiger partial charge is 0.457 e. The van der Waals surface area contributed by atoms with Gasteiger partial charge < -0.3 is 4.74 Å². The first-order valence-corrected chi connectivity index (χ1v) is 15.7. The van der Waals surface area contributed by atoms with E-state index in [4.69, 9.17) is 15.2 Å². The molecule has 4 heteroatoms. The van der Waals surface area contributed by atoms with E-state index in [2.05, 4.69) is 47.3 Å². The summed E-state index contributed by atoms with van der Waals surface area (Å²) in [5.74, 6) is -0.346. The Morgan fingerprint density at radius 2 is 1.42 bits per heavy atom. The number of hydrogen-bond donors (Lipinski definition) is 0. The molecule has 0 atom stereocenters. The van der Waals surface area contributed by atoms with Crippen LogP contribution in [0.15, 0.2) is 126 Å². The first-order valence-electron chi connectivity index (χ1n) is 18.9. The fourth-order valence-corrected chi connectivity index (χ4v) is 7.56. The molecule has 2 heterocycles. The lowest BCUT2D eigenvalue weighted by molar-refractivity contribution is 0.472. The molecule has 0 saturated carbocycles. The van der Waals surface area contributed by atoms with E-state index < -0.39 is 36.0 Å². The maximum absolute atomic E-state index is 9.28. The summed E-state index contributed by atoms with van der Waals surface area (Å²) in [4.78, 5) is 4.86. The van der Waals surface area contributed by atoms with Crippen molar-refractivity contribution in [1.29, 1.82) is 0 Å². The van der Waals surface area contributed by atoms with Gasteiger partial charge in [0, 0.05) is 44.9 Å². The summed E-state index contributed by atoms with van der Waals surface area (Å²) in [5.41, 5.74) is 5.05. The van der Waals surface area contributed by atoms with Crippen LogP contribution in [-0.4, -0.2) is 9.55 Å². The molecule has 3 aliphatic rings. The van der Waals surface area contributed by atoms with Gasteiger partial charge in [-0.1, -0.05) is 109 Å². The fourth-order valence-electron chi connectivity index (χ4n) is 7.18. The van der Waals surface area contributed by atoms with Gasteiger partial charge in [0.25, 0.3) is 0 Å². The van der Waals surface area contributed by atoms with Crippen LogP contribution in [-0.2, 0) is 5.41 Å². The number of nitrogens with zero attached hydrogens (tertiary/aromatic N) is 2. The van der Waals surface area contributed by atoms with Gasteiger partial charge in [-0.2, -0.15) is 0 Å². The highest BCUT2D eigenvalue weighted by molar-refractivity contribution is 9.10. The molecule has 218 valence electrons. The number of benzene rings is 5. The van der Waals surface area contributed by atoms with Gasteiger partial charge in [-0.25, -0.2) is 4.98 Å². The Bertz CT molecular complexity index is 2700. The minimum Gasteiger partial charge on any atom is -0.457 e. The van der Waals surface area contributed by atoms with Gasteiger partial charge in [0.15, 0.2) is 0 Å². The molecule has 0 unspecified atom stereocenters. The molecule has 3 aliphatic carbocycles. The summed E-state index contributed by atoms with van der Waals surface area (Å²) < 4.78 is 81.6. The van der Waals surface area contributed by atoms with Crippen molar-refractivity contribution >= 4 is 37.7 Å². The van der Waals surface area contributed by atoms with Gasteiger partial charge in [-0.3, -0.25) is 4.57 Å². The van der Waals surface area contributed by atoms with E-state index in [9.17, 15) is 5.48 Å². The first-order chi connectivity index (χ1) is 25.2. The molecule has 3 nitrogen and oxygen atoms in total. The van der Waals surface area contributed by atoms with Gasteiger partial charge in [-0.15, -0.1) is 0 Å². The molecule has 0 radical (unpaired) electrons. The molecule has 0 amide bonds. The second kappa shape index (κ2) is 9.66. The second-order valence-corrected chi connectivity index (χ2v) is 13.6. The fraction of sp³-hybridized carbons (Fsp3) is 0.146. The Labute approximate surface area is 282 Å². The molecular weight excluding hydrogens is 616 g/mol. The van der Waals surface area contributed by atoms with E-state index >= 15 is 0 Å². The molecule has 10 rings (SSSR count). The molecule has 0 saturated heterocycles. The van der Waals surface area contributed by atoms with Gasteiger partial charge in [0.1, 0.15) is 17.3 Å². The smallest absolute Gasteiger partial charge is 0.137 e. The summed E-state index contributed by atoms with van der Waals surface area (Å²) in [6.07, 6.45) is 1.80. The highest BCUT2D eigenvalue weighted by Crippen LogP contribution is 2.61. The van der Waals surface area contributed by atoms with E-state index in [1.54, 1.807) is 6.20 Å². The molecule has 2 bridgehead atoms. The van der Waals surface area contributed by atoms with Crippen molar-refractivity contribution in [2.24, 2.45) is 0 Å². The van der Waals surface area contributed by atoms with Crippen LogP contribution in [0.1, 0.15) is 82.5 Å². The Morgan fingerprint density at radius 1 is 0.756 bits per heavy atom. The summed E-state index contributed by atoms with van der Waals surface area (Å²) in [7, 11) is 0. The van der Waals surface area contributed by atoms with E-state index in [0.717, 1.165) is 31.8 Å². The number of hydrogen-bond acceptors (Lipinski definition) is 2. The lowest BCUT2D eigenvalue weighted by atomic mass is 9.60. The third kappa shape index (κ3) is 3.91. The van der Waals surface area contributed by atoms with Crippen LogP contribution in [0.5, 0.6) is 11.5 Å². The number of halogens is 1. The normalized spacial score (nSPS) is 18.9. The average molecular weight is 656 g/mol. The van der Waals surface area contributed by atoms with Crippen molar-refractivity contribution in [2.45, 2.75) is 38.0 Å². The molecule has 0 fully saturated rings. The van der Waals surface area contributed by atoms with Crippen LogP contribution in [0.2, 0.25) is 0 Å². The molecular formula is C41H31BrN2O. The Kier molecular flexibility index (Phi) is 4.22. The monoisotopic (exact) mass is 654 g/mol. The summed E-state index contributed by atoms with van der Waals surface area (Å²) >= 11 is 3.56. The van der Waals surface area contributed by atoms with Crippen LogP contribution in [0.4, 0.5) is 0 Å². The highest BCUT2D eigenvalue weighted by atomic mass is 79.9. The zero-order valence-electron chi connectivity index (χ0n) is 32.8. The molecule has 7 aromatic rings. The maximum Gasteiger partial charge on any atom is 0.137 e. The zero-order valence-corrected chi connectivity index (χ0v) is 26.3. The number of para-hydroxylation sites is 1. The standard InChI is InChI=1S/C41H31BrN2O/c1-41(2,3)24-19-20-43-35(21-24)44-32-18-9-8-17-31(32)38-33(44)23-34(45-26-12-10-11-25(42)22-26)39-36-27-13-4-6-15-29(27)37(40(38)39)30-16-7-5-14-28(30)36/h4-23,36-37H,1-3H3/i4D,5D,6D,7D,13D,14D,15D,16D. The van der Waals surface area contributed by atoms with Crippen molar-refractivity contribution in [2.75, 3.05) is 0 Å². The van der Waals surface area contributed by atoms with Crippen LogP contribution in [0, 0.1) is 0 Å². The number of rotatable bonds is 3. The Hall–Kier alpha value is -4.67. The Morgan fingerprint density at radius 3 is 2.09 bits per heavy atom. The van der Waals surface area contributed by atoms with Crippen LogP contribution >= 0.6 is 15.9 Å². The van der Waals surface area contributed by atoms with Gasteiger partial charge in [0.05, 0.1) is 22.0 Å². The lowest BCUT2D eigenvalue weighted by Crippen LogP contribution is -2.28. The number of pyridine rings is 1. The van der Waals surface area contributed by atoms with Crippen molar-refractivity contribution in [3.05, 3.63) is 165 Å². The van der Waals surface area contributed by atoms with E-state index in [1.807, 2.05) is 60.7 Å². The van der Waals surface area contributed by atoms with E-state index in [0.29, 0.717) is 50.7 Å². The minimum absolute atomic E-state index is 0.163. The van der Waals surface area contributed by atoms with Gasteiger partial charge in [-0.05, 0) is 75.2 Å². The average Bonchev–Trinajstić information content (AvgIpc) is 3.47. The third-order valence-corrected chi connectivity index (χ3v) is 9.59. The number of fused-ring (bicyclic) bond motifs is 3. The van der Waals surface area contributed by atoms with Crippen molar-refractivity contribution in [3.63, 3.8) is 0 Å². The molecule has 2 aromatic heterocycles. The maximum atomic E-state index is 9.28. The van der Waals surface area contributed by atoms with Crippen LogP contribution in [0.25, 0.3) is 27.6 Å². The van der Waals surface area contributed by atoms with Crippen LogP contribution in [0.3, 0.4) is 0 Å². The third-order valence-electron chi connectivity index (χ3n) is 9.09. The molecule has 0 aliphatic heterocycles. The quantitative estimate of drug-likeness (QED) is 0.189.